The molecule has 0 radical (unpaired) electrons. The van der Waals surface area contributed by atoms with Gasteiger partial charge in [-0.1, -0.05) is 0 Å². The first-order valence-electron chi connectivity index (χ1n) is 7.20. The van der Waals surface area contributed by atoms with Crippen molar-refractivity contribution in [2.45, 2.75) is 25.3 Å². The largest absolute Gasteiger partial charge is 0.474 e. The summed E-state index contributed by atoms with van der Waals surface area (Å²) in [6, 6.07) is -0.941. The molecule has 0 saturated carbocycles. The van der Waals surface area contributed by atoms with E-state index in [1.807, 2.05) is 0 Å². The average Bonchev–Trinajstić information content (AvgIpc) is 2.51. The minimum absolute atomic E-state index is 0.171. The highest BCUT2D eigenvalue weighted by atomic mass is 16.4. The Kier molecular flexibility index (Phi) is 8.43. The van der Waals surface area contributed by atoms with Gasteiger partial charge in [-0.2, -0.15) is 0 Å². The Morgan fingerprint density at radius 1 is 0.833 bits per heavy atom. The van der Waals surface area contributed by atoms with Gasteiger partial charge in [-0.3, -0.25) is 14.4 Å². The van der Waals surface area contributed by atoms with E-state index in [-0.39, 0.29) is 13.0 Å². The van der Waals surface area contributed by atoms with Crippen LogP contribution in [0.25, 0.3) is 0 Å². The number of hydrogen-bond donors (Lipinski definition) is 2. The van der Waals surface area contributed by atoms with Crippen LogP contribution in [0.5, 0.6) is 0 Å². The molecule has 0 fully saturated rings. The third kappa shape index (κ3) is 6.23. The van der Waals surface area contributed by atoms with Crippen LogP contribution in [0.2, 0.25) is 0 Å². The number of carbonyl (C=O) groups excluding carboxylic acids is 3. The molecule has 0 bridgehead atoms. The van der Waals surface area contributed by atoms with Crippen molar-refractivity contribution >= 4 is 29.7 Å². The number of unbranched alkanes of at least 4 members (excludes halogenated alkanes) is 1. The highest BCUT2D eigenvalue weighted by Crippen LogP contribution is 2.11. The molecule has 0 aliphatic heterocycles. The molecule has 1 atom stereocenters. The second-order valence-electron chi connectivity index (χ2n) is 5.50. The number of rotatable bonds is 7. The molecule has 0 aliphatic rings. The summed E-state index contributed by atoms with van der Waals surface area (Å²) in [4.78, 5) is 59.4. The summed E-state index contributed by atoms with van der Waals surface area (Å²) < 4.78 is 0. The number of amides is 3. The van der Waals surface area contributed by atoms with Crippen molar-refractivity contribution in [3.8, 4) is 0 Å². The fourth-order valence-electron chi connectivity index (χ4n) is 2.02. The fourth-order valence-corrected chi connectivity index (χ4v) is 2.02. The van der Waals surface area contributed by atoms with Crippen LogP contribution in [0.3, 0.4) is 0 Å². The van der Waals surface area contributed by atoms with E-state index >= 15 is 0 Å². The first-order valence-corrected chi connectivity index (χ1v) is 7.20. The highest BCUT2D eigenvalue weighted by Gasteiger charge is 2.30. The molecule has 0 unspecified atom stereocenters. The number of likely N-dealkylation sites (N-methyl/N-ethyl adjacent to an activating group) is 3. The monoisotopic (exact) mass is 345 g/mol. The molecule has 0 aromatic carbocycles. The number of carboxylic acids is 2. The van der Waals surface area contributed by atoms with E-state index in [0.29, 0.717) is 12.8 Å². The molecular weight excluding hydrogens is 322 g/mol. The maximum absolute atomic E-state index is 12.1. The van der Waals surface area contributed by atoms with E-state index in [9.17, 15) is 24.0 Å². The van der Waals surface area contributed by atoms with E-state index in [0.717, 1.165) is 9.80 Å². The summed E-state index contributed by atoms with van der Waals surface area (Å²) >= 11 is 0. The van der Waals surface area contributed by atoms with Gasteiger partial charge in [-0.05, 0) is 19.3 Å². The van der Waals surface area contributed by atoms with Crippen LogP contribution >= 0.6 is 0 Å². The molecule has 10 heteroatoms. The van der Waals surface area contributed by atoms with Crippen LogP contribution in [-0.4, -0.2) is 95.4 Å². The van der Waals surface area contributed by atoms with Crippen molar-refractivity contribution in [2.24, 2.45) is 0 Å². The Hall–Kier alpha value is -2.65. The molecule has 0 rings (SSSR count). The summed E-state index contributed by atoms with van der Waals surface area (Å²) in [7, 11) is 5.57. The number of carboxylic acid groups (broad SMARTS) is 2. The van der Waals surface area contributed by atoms with E-state index in [4.69, 9.17) is 10.2 Å². The summed E-state index contributed by atoms with van der Waals surface area (Å²) in [6.07, 6.45) is 1.00. The molecule has 0 heterocycles. The highest BCUT2D eigenvalue weighted by molar-refractivity contribution is 6.32. The smallest absolute Gasteiger partial charge is 0.394 e. The summed E-state index contributed by atoms with van der Waals surface area (Å²) in [6.45, 7) is 0.171. The molecule has 0 aromatic rings. The Labute approximate surface area is 139 Å². The molecule has 0 aromatic heterocycles. The zero-order chi connectivity index (χ0) is 19.0. The van der Waals surface area contributed by atoms with Crippen molar-refractivity contribution in [2.75, 3.05) is 34.7 Å². The maximum atomic E-state index is 12.1. The first kappa shape index (κ1) is 21.4. The number of hydrogen-bond acceptors (Lipinski definition) is 5. The minimum Gasteiger partial charge on any atom is -0.474 e. The average molecular weight is 345 g/mol. The molecule has 3 amide bonds. The molecule has 0 saturated heterocycles. The van der Waals surface area contributed by atoms with Gasteiger partial charge in [0, 0.05) is 34.7 Å². The first-order chi connectivity index (χ1) is 11.0. The summed E-state index contributed by atoms with van der Waals surface area (Å²) in [5, 5.41) is 17.3. The lowest BCUT2D eigenvalue weighted by Gasteiger charge is -2.28. The molecule has 136 valence electrons. The van der Waals surface area contributed by atoms with Gasteiger partial charge in [0.2, 0.25) is 5.91 Å². The molecular formula is C14H23N3O7. The standard InChI is InChI=1S/C14H23N3O7/c1-15(2)10(18)9(17(4)12(20)14(23)24)7-5-6-8-16(3)11(19)13(21)22/h9H,5-8H2,1-4H3,(H,21,22)(H,23,24)/t9-/m0/s1. The second-order valence-corrected chi connectivity index (χ2v) is 5.50. The van der Waals surface area contributed by atoms with Crippen molar-refractivity contribution in [1.29, 1.82) is 0 Å². The molecule has 2 N–H and O–H groups in total. The Bertz CT molecular complexity index is 518. The van der Waals surface area contributed by atoms with Crippen LogP contribution in [0.1, 0.15) is 19.3 Å². The van der Waals surface area contributed by atoms with Crippen LogP contribution in [-0.2, 0) is 24.0 Å². The van der Waals surface area contributed by atoms with Gasteiger partial charge in [0.15, 0.2) is 0 Å². The van der Waals surface area contributed by atoms with E-state index in [1.54, 1.807) is 0 Å². The Morgan fingerprint density at radius 3 is 1.75 bits per heavy atom. The van der Waals surface area contributed by atoms with Crippen LogP contribution in [0, 0.1) is 0 Å². The SMILES string of the molecule is CN(C)C(=O)[C@H](CCCCN(C)C(=O)C(=O)O)N(C)C(=O)C(=O)O. The fraction of sp³-hybridized carbons (Fsp3) is 0.643. The van der Waals surface area contributed by atoms with Gasteiger partial charge in [-0.25, -0.2) is 9.59 Å². The topological polar surface area (TPSA) is 136 Å². The number of carbonyl (C=O) groups is 5. The number of aliphatic carboxylic acids is 2. The van der Waals surface area contributed by atoms with Gasteiger partial charge < -0.3 is 24.9 Å². The van der Waals surface area contributed by atoms with E-state index in [1.165, 1.54) is 33.1 Å². The van der Waals surface area contributed by atoms with Crippen molar-refractivity contribution < 1.29 is 34.2 Å². The quantitative estimate of drug-likeness (QED) is 0.432. The summed E-state index contributed by atoms with van der Waals surface area (Å²) in [5.74, 6) is -5.84. The van der Waals surface area contributed by atoms with E-state index < -0.39 is 35.7 Å². The predicted molar refractivity (Wildman–Crippen MR) is 82.0 cm³/mol. The Balaban J connectivity index is 4.72. The number of nitrogens with zero attached hydrogens (tertiary/aromatic N) is 3. The van der Waals surface area contributed by atoms with Gasteiger partial charge in [0.1, 0.15) is 6.04 Å². The lowest BCUT2D eigenvalue weighted by molar-refractivity contribution is -0.158. The third-order valence-electron chi connectivity index (χ3n) is 3.45. The minimum atomic E-state index is -1.65. The molecule has 24 heavy (non-hydrogen) atoms. The lowest BCUT2D eigenvalue weighted by Crippen LogP contribution is -2.49. The Morgan fingerprint density at radius 2 is 1.33 bits per heavy atom. The zero-order valence-electron chi connectivity index (χ0n) is 14.2. The molecule has 0 spiro atoms. The van der Waals surface area contributed by atoms with Crippen LogP contribution in [0.4, 0.5) is 0 Å². The predicted octanol–water partition coefficient (Wildman–Crippen LogP) is -1.30. The lowest BCUT2D eigenvalue weighted by atomic mass is 10.1. The molecule has 0 aliphatic carbocycles. The van der Waals surface area contributed by atoms with E-state index in [2.05, 4.69) is 0 Å². The maximum Gasteiger partial charge on any atom is 0.394 e. The van der Waals surface area contributed by atoms with Gasteiger partial charge in [0.05, 0.1) is 0 Å². The zero-order valence-corrected chi connectivity index (χ0v) is 14.2. The summed E-state index contributed by atoms with van der Waals surface area (Å²) in [5.41, 5.74) is 0. The van der Waals surface area contributed by atoms with Crippen molar-refractivity contribution in [3.63, 3.8) is 0 Å². The van der Waals surface area contributed by atoms with Gasteiger partial charge >= 0.3 is 23.8 Å². The van der Waals surface area contributed by atoms with Crippen molar-refractivity contribution in [1.82, 2.24) is 14.7 Å². The van der Waals surface area contributed by atoms with Crippen LogP contribution < -0.4 is 0 Å². The third-order valence-corrected chi connectivity index (χ3v) is 3.45. The molecule has 10 nitrogen and oxygen atoms in total. The van der Waals surface area contributed by atoms with Gasteiger partial charge in [-0.15, -0.1) is 0 Å². The van der Waals surface area contributed by atoms with Gasteiger partial charge in [0.25, 0.3) is 0 Å². The van der Waals surface area contributed by atoms with Crippen molar-refractivity contribution in [3.05, 3.63) is 0 Å². The van der Waals surface area contributed by atoms with Crippen LogP contribution in [0.15, 0.2) is 0 Å². The second kappa shape index (κ2) is 9.48. The normalized spacial score (nSPS) is 11.3.